The molecule has 0 saturated carbocycles. The lowest BCUT2D eigenvalue weighted by molar-refractivity contribution is 0.0684. The molecule has 5 heteroatoms. The van der Waals surface area contributed by atoms with Crippen LogP contribution >= 0.6 is 0 Å². The fourth-order valence-corrected chi connectivity index (χ4v) is 2.08. The molecule has 0 bridgehead atoms. The van der Waals surface area contributed by atoms with Crippen molar-refractivity contribution in [3.63, 3.8) is 0 Å². The largest absolute Gasteiger partial charge is 0.338 e. The van der Waals surface area contributed by atoms with E-state index in [9.17, 15) is 4.39 Å². The van der Waals surface area contributed by atoms with Crippen molar-refractivity contribution in [2.45, 2.75) is 26.1 Å². The second-order valence-corrected chi connectivity index (χ2v) is 4.29. The molecular formula is C12H19FN4. The first-order valence-electron chi connectivity index (χ1n) is 6.21. The van der Waals surface area contributed by atoms with Crippen LogP contribution in [0.3, 0.4) is 0 Å². The third kappa shape index (κ3) is 3.12. The summed E-state index contributed by atoms with van der Waals surface area (Å²) in [5.74, 6) is 0.748. The third-order valence-corrected chi connectivity index (χ3v) is 3.07. The molecule has 94 valence electrons. The summed E-state index contributed by atoms with van der Waals surface area (Å²) in [5, 5.41) is 0. The van der Waals surface area contributed by atoms with Gasteiger partial charge in [-0.3, -0.25) is 4.90 Å². The van der Waals surface area contributed by atoms with E-state index >= 15 is 0 Å². The fraction of sp³-hybridized carbons (Fsp3) is 0.667. The Kier molecular flexibility index (Phi) is 4.25. The Morgan fingerprint density at radius 3 is 2.47 bits per heavy atom. The predicted octanol–water partition coefficient (Wildman–Crippen LogP) is 1.69. The number of hydrogen-bond acceptors (Lipinski definition) is 4. The third-order valence-electron chi connectivity index (χ3n) is 3.07. The Bertz CT molecular complexity index is 325. The standard InChI is InChI=1S/C12H19FN4/c1-2-4-11(13)16-7-9-17(10-8-16)12-14-5-3-6-15-12/h3,5-6,11H,2,4,7-10H2,1H3. The molecule has 17 heavy (non-hydrogen) atoms. The lowest BCUT2D eigenvalue weighted by Crippen LogP contribution is -2.49. The minimum Gasteiger partial charge on any atom is -0.338 e. The van der Waals surface area contributed by atoms with E-state index in [1.165, 1.54) is 0 Å². The number of nitrogens with zero attached hydrogens (tertiary/aromatic N) is 4. The summed E-state index contributed by atoms with van der Waals surface area (Å²) in [5.41, 5.74) is 0. The summed E-state index contributed by atoms with van der Waals surface area (Å²) in [6.07, 6.45) is 4.21. The molecule has 1 saturated heterocycles. The molecule has 4 nitrogen and oxygen atoms in total. The van der Waals surface area contributed by atoms with Gasteiger partial charge in [-0.2, -0.15) is 0 Å². The smallest absolute Gasteiger partial charge is 0.225 e. The van der Waals surface area contributed by atoms with Gasteiger partial charge in [0.15, 0.2) is 6.30 Å². The maximum atomic E-state index is 13.7. The lowest BCUT2D eigenvalue weighted by Gasteiger charge is -2.36. The first-order chi connectivity index (χ1) is 8.31. The zero-order valence-corrected chi connectivity index (χ0v) is 10.2. The van der Waals surface area contributed by atoms with Gasteiger partial charge in [-0.15, -0.1) is 0 Å². The molecule has 1 aliphatic heterocycles. The molecule has 1 atom stereocenters. The lowest BCUT2D eigenvalue weighted by atomic mass is 10.2. The minimum atomic E-state index is -0.793. The number of halogens is 1. The first-order valence-corrected chi connectivity index (χ1v) is 6.21. The molecule has 2 rings (SSSR count). The van der Waals surface area contributed by atoms with Crippen molar-refractivity contribution in [2.24, 2.45) is 0 Å². The van der Waals surface area contributed by atoms with Crippen LogP contribution in [0.4, 0.5) is 10.3 Å². The Balaban J connectivity index is 1.86. The quantitative estimate of drug-likeness (QED) is 0.747. The van der Waals surface area contributed by atoms with E-state index in [4.69, 9.17) is 0 Å². The average molecular weight is 238 g/mol. The van der Waals surface area contributed by atoms with Gasteiger partial charge >= 0.3 is 0 Å². The predicted molar refractivity (Wildman–Crippen MR) is 65.6 cm³/mol. The van der Waals surface area contributed by atoms with Crippen LogP contribution in [0.2, 0.25) is 0 Å². The van der Waals surface area contributed by atoms with E-state index in [1.54, 1.807) is 18.5 Å². The zero-order valence-electron chi connectivity index (χ0n) is 10.2. The molecule has 1 aromatic rings. The molecular weight excluding hydrogens is 219 g/mol. The van der Waals surface area contributed by atoms with Gasteiger partial charge in [-0.25, -0.2) is 14.4 Å². The zero-order chi connectivity index (χ0) is 12.1. The van der Waals surface area contributed by atoms with Crippen molar-refractivity contribution in [1.82, 2.24) is 14.9 Å². The van der Waals surface area contributed by atoms with E-state index in [-0.39, 0.29) is 0 Å². The van der Waals surface area contributed by atoms with Gasteiger partial charge < -0.3 is 4.90 Å². The van der Waals surface area contributed by atoms with Crippen LogP contribution in [-0.2, 0) is 0 Å². The maximum absolute atomic E-state index is 13.7. The first kappa shape index (κ1) is 12.2. The van der Waals surface area contributed by atoms with Crippen LogP contribution in [0.15, 0.2) is 18.5 Å². The molecule has 1 unspecified atom stereocenters. The minimum absolute atomic E-state index is 0.627. The van der Waals surface area contributed by atoms with Crippen LogP contribution in [0.25, 0.3) is 0 Å². The van der Waals surface area contributed by atoms with E-state index in [2.05, 4.69) is 14.9 Å². The highest BCUT2D eigenvalue weighted by molar-refractivity contribution is 5.29. The highest BCUT2D eigenvalue weighted by Crippen LogP contribution is 2.14. The molecule has 0 spiro atoms. The average Bonchev–Trinajstić information content (AvgIpc) is 2.40. The van der Waals surface area contributed by atoms with Crippen LogP contribution < -0.4 is 4.90 Å². The van der Waals surface area contributed by atoms with Crippen LogP contribution in [0, 0.1) is 0 Å². The van der Waals surface area contributed by atoms with Crippen molar-refractivity contribution >= 4 is 5.95 Å². The Hall–Kier alpha value is -1.23. The molecule has 0 radical (unpaired) electrons. The van der Waals surface area contributed by atoms with Gasteiger partial charge in [-0.1, -0.05) is 13.3 Å². The van der Waals surface area contributed by atoms with Gasteiger partial charge in [0.25, 0.3) is 0 Å². The molecule has 0 aromatic carbocycles. The van der Waals surface area contributed by atoms with Crippen LogP contribution in [-0.4, -0.2) is 47.3 Å². The van der Waals surface area contributed by atoms with E-state index in [1.807, 2.05) is 11.8 Å². The van der Waals surface area contributed by atoms with Gasteiger partial charge in [0, 0.05) is 38.6 Å². The highest BCUT2D eigenvalue weighted by atomic mass is 19.1. The van der Waals surface area contributed by atoms with Crippen molar-refractivity contribution in [3.05, 3.63) is 18.5 Å². The number of rotatable bonds is 4. The van der Waals surface area contributed by atoms with E-state index in [0.717, 1.165) is 38.5 Å². The number of alkyl halides is 1. The second kappa shape index (κ2) is 5.91. The molecule has 1 aliphatic rings. The van der Waals surface area contributed by atoms with Crippen molar-refractivity contribution < 1.29 is 4.39 Å². The monoisotopic (exact) mass is 238 g/mol. The molecule has 0 amide bonds. The summed E-state index contributed by atoms with van der Waals surface area (Å²) in [7, 11) is 0. The fourth-order valence-electron chi connectivity index (χ4n) is 2.08. The van der Waals surface area contributed by atoms with Gasteiger partial charge in [0.05, 0.1) is 0 Å². The summed E-state index contributed by atoms with van der Waals surface area (Å²) in [4.78, 5) is 12.4. The Morgan fingerprint density at radius 2 is 1.88 bits per heavy atom. The van der Waals surface area contributed by atoms with Crippen molar-refractivity contribution in [3.8, 4) is 0 Å². The summed E-state index contributed by atoms with van der Waals surface area (Å²) in [6.45, 7) is 5.11. The molecule has 2 heterocycles. The topological polar surface area (TPSA) is 32.3 Å². The van der Waals surface area contributed by atoms with Crippen LogP contribution in [0.1, 0.15) is 19.8 Å². The van der Waals surface area contributed by atoms with Gasteiger partial charge in [-0.05, 0) is 12.5 Å². The molecule has 1 fully saturated rings. The number of aromatic nitrogens is 2. The molecule has 1 aromatic heterocycles. The van der Waals surface area contributed by atoms with Crippen LogP contribution in [0.5, 0.6) is 0 Å². The summed E-state index contributed by atoms with van der Waals surface area (Å²) >= 11 is 0. The number of piperazine rings is 1. The maximum Gasteiger partial charge on any atom is 0.225 e. The molecule has 0 N–H and O–H groups in total. The summed E-state index contributed by atoms with van der Waals surface area (Å²) in [6, 6.07) is 1.80. The SMILES string of the molecule is CCCC(F)N1CCN(c2ncccn2)CC1. The second-order valence-electron chi connectivity index (χ2n) is 4.29. The number of hydrogen-bond donors (Lipinski definition) is 0. The van der Waals surface area contributed by atoms with E-state index < -0.39 is 6.30 Å². The normalized spacial score (nSPS) is 19.3. The van der Waals surface area contributed by atoms with Gasteiger partial charge in [0.2, 0.25) is 5.95 Å². The van der Waals surface area contributed by atoms with Crippen molar-refractivity contribution in [1.29, 1.82) is 0 Å². The highest BCUT2D eigenvalue weighted by Gasteiger charge is 2.23. The van der Waals surface area contributed by atoms with Crippen molar-refractivity contribution in [2.75, 3.05) is 31.1 Å². The Morgan fingerprint density at radius 1 is 1.24 bits per heavy atom. The summed E-state index contributed by atoms with van der Waals surface area (Å²) < 4.78 is 13.7. The Labute approximate surface area is 101 Å². The van der Waals surface area contributed by atoms with E-state index in [0.29, 0.717) is 6.42 Å². The molecule has 0 aliphatic carbocycles. The van der Waals surface area contributed by atoms with Gasteiger partial charge in [0.1, 0.15) is 0 Å². The number of anilines is 1.